The number of aromatic amines is 2. The maximum absolute atomic E-state index is 14.6. The smallest absolute Gasteiger partial charge is 0.224 e. The Morgan fingerprint density at radius 3 is 2.71 bits per heavy atom. The summed E-state index contributed by atoms with van der Waals surface area (Å²) in [4.78, 5) is 33.9. The van der Waals surface area contributed by atoms with Crippen molar-refractivity contribution in [3.63, 3.8) is 0 Å². The van der Waals surface area contributed by atoms with E-state index in [1.54, 1.807) is 49.2 Å². The highest BCUT2D eigenvalue weighted by Crippen LogP contribution is 2.33. The van der Waals surface area contributed by atoms with E-state index in [0.717, 1.165) is 42.4 Å². The van der Waals surface area contributed by atoms with Crippen LogP contribution in [-0.4, -0.2) is 54.1 Å². The van der Waals surface area contributed by atoms with Crippen molar-refractivity contribution in [2.45, 2.75) is 19.3 Å². The first-order valence-corrected chi connectivity index (χ1v) is 13.5. The van der Waals surface area contributed by atoms with Gasteiger partial charge in [-0.15, -0.1) is 0 Å². The van der Waals surface area contributed by atoms with Gasteiger partial charge in [-0.05, 0) is 50.0 Å². The number of anilines is 1. The highest BCUT2D eigenvalue weighted by molar-refractivity contribution is 5.97. The minimum Gasteiger partial charge on any atom is -0.335 e. The molecule has 0 atom stereocenters. The predicted octanol–water partition coefficient (Wildman–Crippen LogP) is 5.09. The average molecular weight is 548 g/mol. The molecule has 10 nitrogen and oxygen atoms in total. The Bertz CT molecular complexity index is 1890. The summed E-state index contributed by atoms with van der Waals surface area (Å²) in [5, 5.41) is 14.6. The molecule has 1 aliphatic rings. The summed E-state index contributed by atoms with van der Waals surface area (Å²) in [6.07, 6.45) is 10.9. The number of carbonyl (C=O) groups excluding carboxylic acids is 1. The van der Waals surface area contributed by atoms with Gasteiger partial charge in [-0.2, -0.15) is 5.10 Å². The molecule has 0 radical (unpaired) electrons. The van der Waals surface area contributed by atoms with Crippen LogP contribution in [0.15, 0.2) is 67.4 Å². The van der Waals surface area contributed by atoms with Gasteiger partial charge in [0.15, 0.2) is 5.82 Å². The molecule has 0 saturated carbocycles. The van der Waals surface area contributed by atoms with Crippen LogP contribution in [0, 0.1) is 11.7 Å². The maximum Gasteiger partial charge on any atom is 0.224 e. The van der Waals surface area contributed by atoms with Crippen molar-refractivity contribution in [1.82, 2.24) is 40.4 Å². The van der Waals surface area contributed by atoms with E-state index >= 15 is 0 Å². The summed E-state index contributed by atoms with van der Waals surface area (Å²) in [7, 11) is 0. The van der Waals surface area contributed by atoms with Crippen molar-refractivity contribution >= 4 is 33.5 Å². The lowest BCUT2D eigenvalue weighted by atomic mass is 9.94. The van der Waals surface area contributed by atoms with Crippen LogP contribution in [0.3, 0.4) is 0 Å². The van der Waals surface area contributed by atoms with Gasteiger partial charge in [0, 0.05) is 40.9 Å². The predicted molar refractivity (Wildman–Crippen MR) is 154 cm³/mol. The molecule has 1 fully saturated rings. The molecular weight excluding hydrogens is 521 g/mol. The third-order valence-corrected chi connectivity index (χ3v) is 7.48. The van der Waals surface area contributed by atoms with E-state index in [1.165, 1.54) is 6.07 Å². The van der Waals surface area contributed by atoms with Crippen LogP contribution in [0.2, 0.25) is 0 Å². The van der Waals surface area contributed by atoms with Crippen molar-refractivity contribution < 1.29 is 9.18 Å². The van der Waals surface area contributed by atoms with Crippen LogP contribution in [0.4, 0.5) is 10.1 Å². The maximum atomic E-state index is 14.6. The molecule has 0 bridgehead atoms. The quantitative estimate of drug-likeness (QED) is 0.228. The summed E-state index contributed by atoms with van der Waals surface area (Å²) < 4.78 is 14.6. The number of halogens is 1. The Morgan fingerprint density at radius 1 is 0.976 bits per heavy atom. The SMILES string of the molecule is O=C(CC1CCNCC1)Nc1cncc(-c2cc3c(-c4nc5c(-c6ccccc6F)cncc5[nH]4)n[nH]c3cn2)c1. The topological polar surface area (TPSA) is 137 Å². The second-order valence-corrected chi connectivity index (χ2v) is 10.2. The van der Waals surface area contributed by atoms with Gasteiger partial charge in [-0.1, -0.05) is 18.2 Å². The second kappa shape index (κ2) is 10.5. The fraction of sp³-hybridized carbons (Fsp3) is 0.200. The summed E-state index contributed by atoms with van der Waals surface area (Å²) in [6, 6.07) is 10.3. The van der Waals surface area contributed by atoms with E-state index in [-0.39, 0.29) is 11.7 Å². The van der Waals surface area contributed by atoms with Crippen LogP contribution in [0.1, 0.15) is 19.3 Å². The molecule has 1 aliphatic heterocycles. The molecule has 0 spiro atoms. The van der Waals surface area contributed by atoms with Crippen LogP contribution >= 0.6 is 0 Å². The number of nitrogens with zero attached hydrogens (tertiary/aromatic N) is 5. The Morgan fingerprint density at radius 2 is 1.83 bits per heavy atom. The van der Waals surface area contributed by atoms with Crippen molar-refractivity contribution in [3.05, 3.63) is 73.2 Å². The minimum atomic E-state index is -0.342. The standard InChI is InChI=1S/C30H26FN9O/c31-23-4-2-1-3-20(23)22-14-34-15-26-28(22)38-30(37-26)29-21-11-24(35-16-25(21)39-40-29)18-10-19(13-33-12-18)36-27(41)9-17-5-7-32-8-6-17/h1-4,10-17,32H,5-9H2,(H,36,41)(H,37,38)(H,39,40). The van der Waals surface area contributed by atoms with Crippen molar-refractivity contribution in [2.24, 2.45) is 5.92 Å². The number of carbonyl (C=O) groups is 1. The number of rotatable bonds is 6. The Balaban J connectivity index is 1.20. The molecule has 1 aromatic carbocycles. The number of imidazole rings is 1. The van der Waals surface area contributed by atoms with Crippen LogP contribution in [-0.2, 0) is 4.79 Å². The molecule has 1 amide bonds. The molecule has 6 aromatic rings. The number of hydrogen-bond acceptors (Lipinski definition) is 7. The van der Waals surface area contributed by atoms with Gasteiger partial charge < -0.3 is 15.6 Å². The third-order valence-electron chi connectivity index (χ3n) is 7.48. The van der Waals surface area contributed by atoms with E-state index < -0.39 is 0 Å². The number of H-pyrrole nitrogens is 2. The second-order valence-electron chi connectivity index (χ2n) is 10.2. The highest BCUT2D eigenvalue weighted by Gasteiger charge is 2.19. The first kappa shape index (κ1) is 25.0. The molecule has 204 valence electrons. The molecule has 5 aromatic heterocycles. The zero-order valence-corrected chi connectivity index (χ0v) is 22.0. The van der Waals surface area contributed by atoms with Crippen molar-refractivity contribution in [1.29, 1.82) is 0 Å². The lowest BCUT2D eigenvalue weighted by Gasteiger charge is -2.21. The highest BCUT2D eigenvalue weighted by atomic mass is 19.1. The number of fused-ring (bicyclic) bond motifs is 2. The third kappa shape index (κ3) is 4.91. The number of hydrogen-bond donors (Lipinski definition) is 4. The van der Waals surface area contributed by atoms with Gasteiger partial charge in [0.25, 0.3) is 0 Å². The number of piperidine rings is 1. The van der Waals surface area contributed by atoms with Gasteiger partial charge in [0.2, 0.25) is 5.91 Å². The molecule has 41 heavy (non-hydrogen) atoms. The van der Waals surface area contributed by atoms with Gasteiger partial charge >= 0.3 is 0 Å². The van der Waals surface area contributed by atoms with E-state index in [2.05, 4.69) is 40.8 Å². The first-order valence-electron chi connectivity index (χ1n) is 13.5. The van der Waals surface area contributed by atoms with E-state index in [1.807, 2.05) is 12.1 Å². The number of aromatic nitrogens is 7. The molecule has 4 N–H and O–H groups in total. The van der Waals surface area contributed by atoms with E-state index in [0.29, 0.717) is 57.4 Å². The molecular formula is C30H26FN9O. The van der Waals surface area contributed by atoms with E-state index in [4.69, 9.17) is 4.98 Å². The summed E-state index contributed by atoms with van der Waals surface area (Å²) >= 11 is 0. The van der Waals surface area contributed by atoms with Crippen LogP contribution in [0.5, 0.6) is 0 Å². The van der Waals surface area contributed by atoms with Crippen molar-refractivity contribution in [2.75, 3.05) is 18.4 Å². The number of benzene rings is 1. The monoisotopic (exact) mass is 547 g/mol. The molecule has 7 rings (SSSR count). The Kier molecular flexibility index (Phi) is 6.40. The van der Waals surface area contributed by atoms with Gasteiger partial charge in [-0.25, -0.2) is 9.37 Å². The largest absolute Gasteiger partial charge is 0.335 e. The normalized spacial score (nSPS) is 14.1. The van der Waals surface area contributed by atoms with Crippen LogP contribution in [0.25, 0.3) is 55.8 Å². The van der Waals surface area contributed by atoms with Gasteiger partial charge in [0.1, 0.15) is 17.0 Å². The first-order chi connectivity index (χ1) is 20.1. The van der Waals surface area contributed by atoms with Crippen molar-refractivity contribution in [3.8, 4) is 33.9 Å². The summed E-state index contributed by atoms with van der Waals surface area (Å²) in [5.41, 5.74) is 5.68. The fourth-order valence-corrected chi connectivity index (χ4v) is 5.39. The number of amides is 1. The van der Waals surface area contributed by atoms with Crippen LogP contribution < -0.4 is 10.6 Å². The zero-order chi connectivity index (χ0) is 27.8. The average Bonchev–Trinajstić information content (AvgIpc) is 3.62. The van der Waals surface area contributed by atoms with E-state index in [9.17, 15) is 9.18 Å². The Hall–Kier alpha value is -5.03. The number of nitrogens with one attached hydrogen (secondary N) is 4. The molecule has 1 saturated heterocycles. The molecule has 11 heteroatoms. The Labute approximate surface area is 233 Å². The van der Waals surface area contributed by atoms with Gasteiger partial charge in [-0.3, -0.25) is 24.8 Å². The zero-order valence-electron chi connectivity index (χ0n) is 22.0. The summed E-state index contributed by atoms with van der Waals surface area (Å²) in [6.45, 7) is 1.91. The number of pyridine rings is 3. The molecule has 6 heterocycles. The molecule has 0 unspecified atom stereocenters. The van der Waals surface area contributed by atoms with Gasteiger partial charge in [0.05, 0.1) is 41.0 Å². The fourth-order valence-electron chi connectivity index (χ4n) is 5.39. The molecule has 0 aliphatic carbocycles. The minimum absolute atomic E-state index is 0.00879. The lowest BCUT2D eigenvalue weighted by molar-refractivity contribution is -0.117. The summed E-state index contributed by atoms with van der Waals surface area (Å²) in [5.74, 6) is 0.565. The lowest BCUT2D eigenvalue weighted by Crippen LogP contribution is -2.30.